The average molecular weight is 424 g/mol. The number of aliphatic imine (C=N–C) groups is 1. The minimum Gasteiger partial charge on any atom is -0.494 e. The van der Waals surface area contributed by atoms with Crippen LogP contribution < -0.4 is 11.2 Å². The lowest BCUT2D eigenvalue weighted by atomic mass is 10.0. The number of hydrogen-bond donors (Lipinski definition) is 2. The molecule has 3 aromatic rings. The monoisotopic (exact) mass is 423 g/mol. The lowest BCUT2D eigenvalue weighted by Crippen LogP contribution is -2.30. The number of aromatic amines is 1. The van der Waals surface area contributed by atoms with Crippen molar-refractivity contribution in [2.24, 2.45) is 4.99 Å². The summed E-state index contributed by atoms with van der Waals surface area (Å²) in [4.78, 5) is 43.5. The van der Waals surface area contributed by atoms with Crippen LogP contribution in [0.2, 0.25) is 5.02 Å². The first-order chi connectivity index (χ1) is 14.4. The van der Waals surface area contributed by atoms with E-state index in [0.717, 1.165) is 4.57 Å². The lowest BCUT2D eigenvalue weighted by Gasteiger charge is -2.11. The van der Waals surface area contributed by atoms with E-state index in [2.05, 4.69) is 9.98 Å². The van der Waals surface area contributed by atoms with Crippen LogP contribution in [0, 0.1) is 0 Å². The zero-order valence-corrected chi connectivity index (χ0v) is 16.3. The molecule has 2 heterocycles. The first kappa shape index (κ1) is 19.4. The number of carbonyl (C=O) groups is 1. The maximum Gasteiger partial charge on any atom is 0.357 e. The fourth-order valence-electron chi connectivity index (χ4n) is 3.15. The number of hydrogen-bond acceptors (Lipinski definition) is 6. The van der Waals surface area contributed by atoms with Crippen molar-refractivity contribution in [3.8, 4) is 11.6 Å². The largest absolute Gasteiger partial charge is 0.494 e. The number of methoxy groups -OCH3 is 1. The number of ether oxygens (including phenoxy) is 1. The van der Waals surface area contributed by atoms with Crippen LogP contribution in [0.4, 0.5) is 5.69 Å². The normalized spacial score (nSPS) is 13.8. The van der Waals surface area contributed by atoms with Gasteiger partial charge in [-0.25, -0.2) is 19.1 Å². The highest BCUT2D eigenvalue weighted by atomic mass is 35.5. The Labute approximate surface area is 174 Å². The Hall–Kier alpha value is -3.91. The zero-order valence-electron chi connectivity index (χ0n) is 15.5. The summed E-state index contributed by atoms with van der Waals surface area (Å²) in [6.07, 6.45) is 1.31. The van der Waals surface area contributed by atoms with Crippen molar-refractivity contribution >= 4 is 40.6 Å². The molecule has 0 aliphatic carbocycles. The van der Waals surface area contributed by atoms with Crippen molar-refractivity contribution in [3.05, 3.63) is 85.5 Å². The molecule has 0 unspecified atom stereocenters. The van der Waals surface area contributed by atoms with Crippen LogP contribution >= 0.6 is 11.6 Å². The summed E-state index contributed by atoms with van der Waals surface area (Å²) < 4.78 is 5.72. The van der Waals surface area contributed by atoms with Gasteiger partial charge in [0.05, 0.1) is 18.5 Å². The summed E-state index contributed by atoms with van der Waals surface area (Å²) in [7, 11) is 1.22. The number of para-hydroxylation sites is 1. The van der Waals surface area contributed by atoms with Crippen molar-refractivity contribution < 1.29 is 14.6 Å². The van der Waals surface area contributed by atoms with Crippen molar-refractivity contribution in [2.75, 3.05) is 7.11 Å². The van der Waals surface area contributed by atoms with Crippen LogP contribution in [-0.4, -0.2) is 33.4 Å². The van der Waals surface area contributed by atoms with Crippen LogP contribution in [0.15, 0.2) is 63.1 Å². The Kier molecular flexibility index (Phi) is 4.85. The molecule has 0 fully saturated rings. The van der Waals surface area contributed by atoms with Crippen LogP contribution in [0.1, 0.15) is 11.1 Å². The van der Waals surface area contributed by atoms with Gasteiger partial charge in [0.1, 0.15) is 5.56 Å². The average Bonchev–Trinajstić information content (AvgIpc) is 3.10. The molecule has 1 aliphatic rings. The number of carbonyl (C=O) groups excluding carboxylic acids is 1. The minimum absolute atomic E-state index is 0.0123. The number of benzene rings is 2. The summed E-state index contributed by atoms with van der Waals surface area (Å²) in [5.41, 5.74) is -0.174. The van der Waals surface area contributed by atoms with Gasteiger partial charge in [-0.15, -0.1) is 0 Å². The van der Waals surface area contributed by atoms with Gasteiger partial charge in [-0.1, -0.05) is 29.8 Å². The van der Waals surface area contributed by atoms with Crippen molar-refractivity contribution in [3.63, 3.8) is 0 Å². The molecular weight excluding hydrogens is 410 g/mol. The molecule has 0 saturated heterocycles. The highest BCUT2D eigenvalue weighted by molar-refractivity contribution is 6.58. The van der Waals surface area contributed by atoms with Crippen LogP contribution in [0.3, 0.4) is 0 Å². The molecule has 150 valence electrons. The predicted octanol–water partition coefficient (Wildman–Crippen LogP) is 2.68. The van der Waals surface area contributed by atoms with Crippen molar-refractivity contribution in [1.29, 1.82) is 0 Å². The van der Waals surface area contributed by atoms with Gasteiger partial charge in [0.15, 0.2) is 5.71 Å². The first-order valence-corrected chi connectivity index (χ1v) is 9.11. The molecule has 0 radical (unpaired) electrons. The number of esters is 1. The van der Waals surface area contributed by atoms with Gasteiger partial charge in [0.25, 0.3) is 5.56 Å². The molecule has 0 spiro atoms. The third-order valence-electron chi connectivity index (χ3n) is 4.55. The third-order valence-corrected chi connectivity index (χ3v) is 4.81. The Bertz CT molecular complexity index is 1350. The molecular formula is C21H14ClN3O5. The summed E-state index contributed by atoms with van der Waals surface area (Å²) in [5.74, 6) is -1.29. The standard InChI is InChI=1S/C21H14ClN3O5/c1-30-20(28)17-14(13-4-2-3-5-16(13)23-17)10-15-18(26)24-21(29)25(19(15)27)12-8-6-11(22)7-9-12/h2-10,27H,1H3,(H,24,26,29)/b14-10+. The molecule has 2 aromatic carbocycles. The van der Waals surface area contributed by atoms with Crippen LogP contribution in [0.5, 0.6) is 5.88 Å². The highest BCUT2D eigenvalue weighted by Crippen LogP contribution is 2.36. The van der Waals surface area contributed by atoms with Crippen molar-refractivity contribution in [2.45, 2.75) is 0 Å². The quantitative estimate of drug-likeness (QED) is 0.629. The van der Waals surface area contributed by atoms with E-state index in [1.807, 2.05) is 0 Å². The van der Waals surface area contributed by atoms with E-state index >= 15 is 0 Å². The summed E-state index contributed by atoms with van der Waals surface area (Å²) in [6, 6.07) is 13.1. The molecule has 0 bridgehead atoms. The maximum absolute atomic E-state index is 12.5. The lowest BCUT2D eigenvalue weighted by molar-refractivity contribution is -0.132. The number of aromatic hydroxyl groups is 1. The van der Waals surface area contributed by atoms with Gasteiger partial charge >= 0.3 is 11.7 Å². The van der Waals surface area contributed by atoms with E-state index in [-0.39, 0.29) is 11.3 Å². The fourth-order valence-corrected chi connectivity index (χ4v) is 3.27. The fraction of sp³-hybridized carbons (Fsp3) is 0.0476. The maximum atomic E-state index is 12.5. The van der Waals surface area contributed by atoms with E-state index in [1.165, 1.54) is 25.3 Å². The van der Waals surface area contributed by atoms with E-state index in [4.69, 9.17) is 16.3 Å². The Balaban J connectivity index is 1.96. The number of fused-ring (bicyclic) bond motifs is 1. The second-order valence-electron chi connectivity index (χ2n) is 6.34. The molecule has 4 rings (SSSR count). The van der Waals surface area contributed by atoms with Gasteiger partial charge in [-0.3, -0.25) is 9.78 Å². The molecule has 0 amide bonds. The Morgan fingerprint density at radius 3 is 2.57 bits per heavy atom. The van der Waals surface area contributed by atoms with Gasteiger partial charge < -0.3 is 9.84 Å². The number of aromatic nitrogens is 2. The molecule has 9 heteroatoms. The number of nitrogens with one attached hydrogen (secondary N) is 1. The summed E-state index contributed by atoms with van der Waals surface area (Å²) >= 11 is 5.88. The molecule has 0 saturated carbocycles. The van der Waals surface area contributed by atoms with Gasteiger partial charge in [0.2, 0.25) is 5.88 Å². The second kappa shape index (κ2) is 7.49. The van der Waals surface area contributed by atoms with Crippen molar-refractivity contribution in [1.82, 2.24) is 9.55 Å². The molecule has 30 heavy (non-hydrogen) atoms. The number of H-pyrrole nitrogens is 1. The first-order valence-electron chi connectivity index (χ1n) is 8.73. The SMILES string of the molecule is COC(=O)C1=Nc2ccccc2/C1=C\c1c(O)n(-c2ccc(Cl)cc2)c(=O)[nH]c1=O. The van der Waals surface area contributed by atoms with Gasteiger partial charge in [-0.2, -0.15) is 0 Å². The van der Waals surface area contributed by atoms with E-state index < -0.39 is 23.1 Å². The topological polar surface area (TPSA) is 114 Å². The zero-order chi connectivity index (χ0) is 21.4. The highest BCUT2D eigenvalue weighted by Gasteiger charge is 2.28. The van der Waals surface area contributed by atoms with E-state index in [0.29, 0.717) is 27.5 Å². The molecule has 0 atom stereocenters. The van der Waals surface area contributed by atoms with E-state index in [1.54, 1.807) is 36.4 Å². The summed E-state index contributed by atoms with van der Waals surface area (Å²) in [6.45, 7) is 0. The summed E-state index contributed by atoms with van der Waals surface area (Å²) in [5, 5.41) is 11.2. The van der Waals surface area contributed by atoms with Crippen LogP contribution in [0.25, 0.3) is 17.3 Å². The van der Waals surface area contributed by atoms with Gasteiger partial charge in [-0.05, 0) is 36.4 Å². The second-order valence-corrected chi connectivity index (χ2v) is 6.77. The number of rotatable bonds is 3. The third kappa shape index (κ3) is 3.23. The van der Waals surface area contributed by atoms with Gasteiger partial charge in [0, 0.05) is 16.2 Å². The molecule has 1 aromatic heterocycles. The Morgan fingerprint density at radius 1 is 1.17 bits per heavy atom. The molecule has 2 N–H and O–H groups in total. The smallest absolute Gasteiger partial charge is 0.357 e. The predicted molar refractivity (Wildman–Crippen MR) is 113 cm³/mol. The van der Waals surface area contributed by atoms with Crippen LogP contribution in [-0.2, 0) is 9.53 Å². The number of halogens is 1. The number of nitrogens with zero attached hydrogens (tertiary/aromatic N) is 2. The minimum atomic E-state index is -0.823. The molecule has 1 aliphatic heterocycles. The Morgan fingerprint density at radius 2 is 1.87 bits per heavy atom. The van der Waals surface area contributed by atoms with E-state index in [9.17, 15) is 19.5 Å². The molecule has 8 nitrogen and oxygen atoms in total.